The smallest absolute Gasteiger partial charge is 0.303 e. The van der Waals surface area contributed by atoms with Crippen molar-refractivity contribution in [3.63, 3.8) is 0 Å². The molecule has 0 radical (unpaired) electrons. The highest BCUT2D eigenvalue weighted by Crippen LogP contribution is 2.36. The molecule has 14 nitrogen and oxygen atoms in total. The number of aromatic nitrogens is 1. The molecule has 0 spiro atoms. The molecule has 14 heteroatoms. The van der Waals surface area contributed by atoms with Gasteiger partial charge in [0.15, 0.2) is 29.8 Å². The van der Waals surface area contributed by atoms with E-state index < -0.39 is 54.4 Å². The van der Waals surface area contributed by atoms with Crippen LogP contribution in [0.1, 0.15) is 39.0 Å². The lowest BCUT2D eigenvalue weighted by molar-refractivity contribution is -0.252. The monoisotopic (exact) mass is 599 g/mol. The van der Waals surface area contributed by atoms with Crippen LogP contribution in [0.15, 0.2) is 24.3 Å². The van der Waals surface area contributed by atoms with Crippen LogP contribution in [0.4, 0.5) is 5.82 Å². The van der Waals surface area contributed by atoms with E-state index in [2.05, 4.69) is 11.1 Å². The predicted octanol–water partition coefficient (Wildman–Crippen LogP) is 1.89. The van der Waals surface area contributed by atoms with Crippen LogP contribution in [-0.4, -0.2) is 80.2 Å². The van der Waals surface area contributed by atoms with Gasteiger partial charge < -0.3 is 38.9 Å². The minimum Gasteiger partial charge on any atom is -0.493 e. The third-order valence-electron chi connectivity index (χ3n) is 6.40. The van der Waals surface area contributed by atoms with Gasteiger partial charge in [0.25, 0.3) is 0 Å². The van der Waals surface area contributed by atoms with Crippen LogP contribution in [0, 0.1) is 11.3 Å². The molecule has 3 rings (SSSR count). The van der Waals surface area contributed by atoms with Crippen molar-refractivity contribution in [3.8, 4) is 28.7 Å². The first kappa shape index (κ1) is 32.6. The van der Waals surface area contributed by atoms with Gasteiger partial charge in [-0.1, -0.05) is 6.07 Å². The van der Waals surface area contributed by atoms with Gasteiger partial charge in [0.05, 0.1) is 14.2 Å². The molecule has 2 N–H and O–H groups in total. The largest absolute Gasteiger partial charge is 0.493 e. The first-order valence-electron chi connectivity index (χ1n) is 13.1. The van der Waals surface area contributed by atoms with Gasteiger partial charge >= 0.3 is 23.9 Å². The Morgan fingerprint density at radius 2 is 1.44 bits per heavy atom. The Labute approximate surface area is 247 Å². The van der Waals surface area contributed by atoms with Crippen molar-refractivity contribution in [1.29, 1.82) is 5.26 Å². The fourth-order valence-corrected chi connectivity index (χ4v) is 4.76. The van der Waals surface area contributed by atoms with Crippen molar-refractivity contribution in [2.45, 2.75) is 64.6 Å². The van der Waals surface area contributed by atoms with E-state index in [1.807, 2.05) is 0 Å². The number of benzene rings is 1. The van der Waals surface area contributed by atoms with Gasteiger partial charge in [-0.2, -0.15) is 5.26 Å². The topological polar surface area (TPSA) is 196 Å². The number of hydrogen-bond donors (Lipinski definition) is 1. The fourth-order valence-electron chi connectivity index (χ4n) is 4.76. The van der Waals surface area contributed by atoms with E-state index in [0.717, 1.165) is 20.8 Å². The number of anilines is 1. The number of methoxy groups -OCH3 is 2. The Hall–Kier alpha value is -4.90. The number of esters is 4. The summed E-state index contributed by atoms with van der Waals surface area (Å²) in [6, 6.07) is 8.74. The number of rotatable bonds is 10. The Balaban J connectivity index is 2.11. The zero-order chi connectivity index (χ0) is 31.8. The third-order valence-corrected chi connectivity index (χ3v) is 6.40. The lowest BCUT2D eigenvalue weighted by Crippen LogP contribution is -2.62. The van der Waals surface area contributed by atoms with Crippen LogP contribution >= 0.6 is 0 Å². The van der Waals surface area contributed by atoms with Crippen molar-refractivity contribution < 1.29 is 52.3 Å². The number of nitrogens with zero attached hydrogens (tertiary/aromatic N) is 2. The maximum absolute atomic E-state index is 12.2. The quantitative estimate of drug-likeness (QED) is 0.307. The summed E-state index contributed by atoms with van der Waals surface area (Å²) in [5, 5.41) is 9.86. The van der Waals surface area contributed by atoms with Gasteiger partial charge in [0.2, 0.25) is 0 Å². The van der Waals surface area contributed by atoms with Crippen LogP contribution in [0.3, 0.4) is 0 Å². The molecule has 1 aromatic carbocycles. The van der Waals surface area contributed by atoms with E-state index in [-0.39, 0.29) is 24.4 Å². The van der Waals surface area contributed by atoms with Crippen LogP contribution in [-0.2, 0) is 49.3 Å². The van der Waals surface area contributed by atoms with Crippen molar-refractivity contribution in [3.05, 3.63) is 35.5 Å². The van der Waals surface area contributed by atoms with Gasteiger partial charge in [-0.05, 0) is 23.8 Å². The zero-order valence-electron chi connectivity index (χ0n) is 24.6. The number of ether oxygens (including phenoxy) is 7. The second kappa shape index (κ2) is 14.3. The summed E-state index contributed by atoms with van der Waals surface area (Å²) in [7, 11) is 2.97. The molecule has 0 unspecified atom stereocenters. The summed E-state index contributed by atoms with van der Waals surface area (Å²) in [5.41, 5.74) is 7.63. The molecule has 1 aromatic heterocycles. The molecular formula is C29H33N3O11. The lowest BCUT2D eigenvalue weighted by Gasteiger charge is -2.44. The number of nitrogens with two attached hydrogens (primary N) is 1. The van der Waals surface area contributed by atoms with Gasteiger partial charge in [0.1, 0.15) is 36.3 Å². The summed E-state index contributed by atoms with van der Waals surface area (Å²) < 4.78 is 38.5. The first-order valence-corrected chi connectivity index (χ1v) is 13.1. The molecule has 43 heavy (non-hydrogen) atoms. The van der Waals surface area contributed by atoms with Gasteiger partial charge in [0, 0.05) is 45.4 Å². The second-order valence-corrected chi connectivity index (χ2v) is 9.54. The molecule has 0 saturated carbocycles. The molecule has 0 aliphatic carbocycles. The first-order chi connectivity index (χ1) is 20.4. The molecule has 2 heterocycles. The SMILES string of the molecule is COc1ccc(-c2cc(C[C@@H]3O[C@H](COC(C)=O)[C@@H](OC(C)=O)[C@H](OC(C)=O)[C@H]3OC(C)=O)nc(N)c2C#N)cc1OC. The minimum atomic E-state index is -1.33. The number of carbonyl (C=O) groups is 4. The molecule has 2 aromatic rings. The summed E-state index contributed by atoms with van der Waals surface area (Å²) in [4.78, 5) is 52.2. The average molecular weight is 600 g/mol. The molecule has 1 aliphatic rings. The summed E-state index contributed by atoms with van der Waals surface area (Å²) >= 11 is 0. The molecule has 1 fully saturated rings. The Kier molecular flexibility index (Phi) is 10.9. The van der Waals surface area contributed by atoms with E-state index in [9.17, 15) is 24.4 Å². The number of carbonyl (C=O) groups excluding carboxylic acids is 4. The van der Waals surface area contributed by atoms with Crippen LogP contribution in [0.5, 0.6) is 11.5 Å². The van der Waals surface area contributed by atoms with E-state index in [4.69, 9.17) is 38.9 Å². The maximum atomic E-state index is 12.2. The zero-order valence-corrected chi connectivity index (χ0v) is 24.6. The van der Waals surface area contributed by atoms with Gasteiger partial charge in [-0.15, -0.1) is 0 Å². The molecule has 1 aliphatic heterocycles. The van der Waals surface area contributed by atoms with Gasteiger partial charge in [-0.3, -0.25) is 19.2 Å². The molecular weight excluding hydrogens is 566 g/mol. The predicted molar refractivity (Wildman–Crippen MR) is 148 cm³/mol. The summed E-state index contributed by atoms with van der Waals surface area (Å²) in [6.07, 6.45) is -6.14. The highest BCUT2D eigenvalue weighted by Gasteiger charge is 2.52. The van der Waals surface area contributed by atoms with E-state index in [1.54, 1.807) is 24.3 Å². The molecule has 1 saturated heterocycles. The van der Waals surface area contributed by atoms with E-state index in [1.165, 1.54) is 21.1 Å². The normalized spacial score (nSPS) is 21.1. The number of pyridine rings is 1. The van der Waals surface area contributed by atoms with E-state index in [0.29, 0.717) is 28.3 Å². The average Bonchev–Trinajstić information content (AvgIpc) is 2.93. The lowest BCUT2D eigenvalue weighted by atomic mass is 9.91. The Morgan fingerprint density at radius 3 is 1.98 bits per heavy atom. The van der Waals surface area contributed by atoms with Gasteiger partial charge in [-0.25, -0.2) is 4.98 Å². The number of nitriles is 1. The van der Waals surface area contributed by atoms with Crippen LogP contribution < -0.4 is 15.2 Å². The molecule has 5 atom stereocenters. The maximum Gasteiger partial charge on any atom is 0.303 e. The third kappa shape index (κ3) is 8.10. The fraction of sp³-hybridized carbons (Fsp3) is 0.448. The molecule has 230 valence electrons. The number of nitrogen functional groups attached to an aromatic ring is 1. The van der Waals surface area contributed by atoms with Crippen molar-refractivity contribution in [2.75, 3.05) is 26.6 Å². The molecule has 0 bridgehead atoms. The van der Waals surface area contributed by atoms with Crippen LogP contribution in [0.25, 0.3) is 11.1 Å². The van der Waals surface area contributed by atoms with E-state index >= 15 is 0 Å². The minimum absolute atomic E-state index is 0.0737. The standard InChI is InChI=1S/C29H33N3O11/c1-14(33)39-13-25-27(41-16(3)35)28(42-17(4)36)26(40-15(2)34)24(43-25)11-19-10-20(21(12-30)29(31)32-19)18-7-8-22(37-5)23(9-18)38-6/h7-10,24-28H,11,13H2,1-6H3,(H2,31,32)/t24-,25+,26-,27+,28+/m0/s1. The summed E-state index contributed by atoms with van der Waals surface area (Å²) in [6.45, 7) is 4.25. The Bertz CT molecular complexity index is 1420. The van der Waals surface area contributed by atoms with Crippen molar-refractivity contribution >= 4 is 29.7 Å². The Morgan fingerprint density at radius 1 is 0.860 bits per heavy atom. The summed E-state index contributed by atoms with van der Waals surface area (Å²) in [5.74, 6) is -2.02. The highest BCUT2D eigenvalue weighted by atomic mass is 16.7. The van der Waals surface area contributed by atoms with Crippen molar-refractivity contribution in [2.24, 2.45) is 0 Å². The second-order valence-electron chi connectivity index (χ2n) is 9.54. The van der Waals surface area contributed by atoms with Crippen molar-refractivity contribution in [1.82, 2.24) is 4.98 Å². The molecule has 0 amide bonds. The number of hydrogen-bond acceptors (Lipinski definition) is 14. The highest BCUT2D eigenvalue weighted by molar-refractivity contribution is 5.77. The van der Waals surface area contributed by atoms with Crippen LogP contribution in [0.2, 0.25) is 0 Å².